The number of nitrogens with zero attached hydrogens (tertiary/aromatic N) is 3. The number of para-hydroxylation sites is 1. The Kier molecular flexibility index (Phi) is 4.82. The first-order valence-corrected chi connectivity index (χ1v) is 10.1. The molecular weight excluding hydrogens is 362 g/mol. The van der Waals surface area contributed by atoms with Crippen molar-refractivity contribution < 1.29 is 9.59 Å². The smallest absolute Gasteiger partial charge is 0.258 e. The van der Waals surface area contributed by atoms with Crippen LogP contribution in [0.25, 0.3) is 0 Å². The zero-order valence-corrected chi connectivity index (χ0v) is 16.3. The summed E-state index contributed by atoms with van der Waals surface area (Å²) in [5, 5.41) is 15.9. The van der Waals surface area contributed by atoms with Crippen LogP contribution in [-0.4, -0.2) is 39.6 Å². The molecule has 1 aromatic heterocycles. The molecule has 1 atom stereocenters. The van der Waals surface area contributed by atoms with Crippen molar-refractivity contribution in [3.63, 3.8) is 0 Å². The lowest BCUT2D eigenvalue weighted by molar-refractivity contribution is -0.117. The summed E-state index contributed by atoms with van der Waals surface area (Å²) >= 11 is 1.43. The molecule has 0 saturated heterocycles. The molecule has 2 aromatic rings. The molecule has 2 amide bonds. The molecule has 0 bridgehead atoms. The van der Waals surface area contributed by atoms with E-state index >= 15 is 0 Å². The van der Waals surface area contributed by atoms with E-state index in [-0.39, 0.29) is 30.4 Å². The van der Waals surface area contributed by atoms with Gasteiger partial charge in [-0.05, 0) is 30.9 Å². The third-order valence-corrected chi connectivity index (χ3v) is 6.15. The molecular formula is C19H23N5O2S. The predicted molar refractivity (Wildman–Crippen MR) is 105 cm³/mol. The summed E-state index contributed by atoms with van der Waals surface area (Å²) in [5.74, 6) is 0.252. The molecule has 0 unspecified atom stereocenters. The molecule has 2 aliphatic rings. The molecule has 2 heterocycles. The highest BCUT2D eigenvalue weighted by atomic mass is 32.1. The quantitative estimate of drug-likeness (QED) is 0.825. The molecule has 2 N–H and O–H groups in total. The van der Waals surface area contributed by atoms with Crippen LogP contribution >= 0.6 is 11.3 Å². The zero-order chi connectivity index (χ0) is 19.0. The highest BCUT2D eigenvalue weighted by molar-refractivity contribution is 7.15. The molecule has 0 spiro atoms. The average molecular weight is 385 g/mol. The summed E-state index contributed by atoms with van der Waals surface area (Å²) in [6.45, 7) is 4.03. The SMILES string of the molecule is CC(C)[C@H]1Nc2ccccc2C(=O)N1CC(=O)Nc1nnc(C2CCC2)s1. The Morgan fingerprint density at radius 1 is 1.33 bits per heavy atom. The van der Waals surface area contributed by atoms with E-state index < -0.39 is 0 Å². The number of anilines is 2. The number of amides is 2. The predicted octanol–water partition coefficient (Wildman–Crippen LogP) is 3.29. The Morgan fingerprint density at radius 3 is 2.81 bits per heavy atom. The number of carbonyl (C=O) groups is 2. The second-order valence-electron chi connectivity index (χ2n) is 7.43. The van der Waals surface area contributed by atoms with Crippen LogP contribution in [0.5, 0.6) is 0 Å². The molecule has 7 nitrogen and oxygen atoms in total. The largest absolute Gasteiger partial charge is 0.364 e. The van der Waals surface area contributed by atoms with E-state index in [1.54, 1.807) is 11.0 Å². The van der Waals surface area contributed by atoms with Gasteiger partial charge >= 0.3 is 0 Å². The lowest BCUT2D eigenvalue weighted by Crippen LogP contribution is -2.53. The Hall–Kier alpha value is -2.48. The first-order chi connectivity index (χ1) is 13.0. The van der Waals surface area contributed by atoms with E-state index in [0.717, 1.165) is 23.5 Å². The number of benzene rings is 1. The van der Waals surface area contributed by atoms with Crippen LogP contribution in [-0.2, 0) is 4.79 Å². The number of nitrogens with one attached hydrogen (secondary N) is 2. The van der Waals surface area contributed by atoms with Crippen LogP contribution in [0, 0.1) is 5.92 Å². The van der Waals surface area contributed by atoms with Crippen LogP contribution in [0.4, 0.5) is 10.8 Å². The first-order valence-electron chi connectivity index (χ1n) is 9.32. The van der Waals surface area contributed by atoms with E-state index in [4.69, 9.17) is 0 Å². The number of hydrogen-bond donors (Lipinski definition) is 2. The first kappa shape index (κ1) is 17.9. The number of carbonyl (C=O) groups excluding carboxylic acids is 2. The van der Waals surface area contributed by atoms with Gasteiger partial charge in [0.1, 0.15) is 17.7 Å². The van der Waals surface area contributed by atoms with Crippen LogP contribution < -0.4 is 10.6 Å². The van der Waals surface area contributed by atoms with Crippen molar-refractivity contribution in [3.05, 3.63) is 34.8 Å². The Balaban J connectivity index is 1.47. The maximum Gasteiger partial charge on any atom is 0.258 e. The van der Waals surface area contributed by atoms with Gasteiger partial charge in [-0.15, -0.1) is 10.2 Å². The van der Waals surface area contributed by atoms with Crippen molar-refractivity contribution in [2.75, 3.05) is 17.2 Å². The van der Waals surface area contributed by atoms with Gasteiger partial charge in [-0.1, -0.05) is 43.7 Å². The van der Waals surface area contributed by atoms with Gasteiger partial charge in [0.15, 0.2) is 0 Å². The van der Waals surface area contributed by atoms with Crippen LogP contribution in [0.1, 0.15) is 54.4 Å². The van der Waals surface area contributed by atoms with E-state index in [0.29, 0.717) is 16.6 Å². The number of fused-ring (bicyclic) bond motifs is 1. The normalized spacial score (nSPS) is 19.4. The summed E-state index contributed by atoms with van der Waals surface area (Å²) in [6.07, 6.45) is 3.28. The van der Waals surface area contributed by atoms with Crippen molar-refractivity contribution in [1.82, 2.24) is 15.1 Å². The third kappa shape index (κ3) is 3.53. The molecule has 1 fully saturated rings. The fourth-order valence-electron chi connectivity index (χ4n) is 3.43. The maximum atomic E-state index is 12.9. The monoisotopic (exact) mass is 385 g/mol. The summed E-state index contributed by atoms with van der Waals surface area (Å²) < 4.78 is 0. The standard InChI is InChI=1S/C19H23N5O2S/c1-11(2)16-20-14-9-4-3-8-13(14)18(26)24(16)10-15(25)21-19-23-22-17(27-19)12-6-5-7-12/h3-4,8-9,11-12,16,20H,5-7,10H2,1-2H3,(H,21,23,25)/t16-/m0/s1. The Bertz CT molecular complexity index is 861. The number of hydrogen-bond acceptors (Lipinski definition) is 6. The minimum atomic E-state index is -0.258. The van der Waals surface area contributed by atoms with Crippen molar-refractivity contribution in [1.29, 1.82) is 0 Å². The summed E-state index contributed by atoms with van der Waals surface area (Å²) in [5.41, 5.74) is 1.40. The van der Waals surface area contributed by atoms with Crippen molar-refractivity contribution in [3.8, 4) is 0 Å². The van der Waals surface area contributed by atoms with E-state index in [1.165, 1.54) is 17.8 Å². The van der Waals surface area contributed by atoms with Crippen molar-refractivity contribution in [2.24, 2.45) is 5.92 Å². The topological polar surface area (TPSA) is 87.2 Å². The molecule has 8 heteroatoms. The molecule has 1 aliphatic carbocycles. The van der Waals surface area contributed by atoms with Crippen LogP contribution in [0.15, 0.2) is 24.3 Å². The second kappa shape index (κ2) is 7.26. The third-order valence-electron chi connectivity index (χ3n) is 5.14. The van der Waals surface area contributed by atoms with Gasteiger partial charge in [0.2, 0.25) is 11.0 Å². The molecule has 4 rings (SSSR count). The molecule has 1 saturated carbocycles. The van der Waals surface area contributed by atoms with Gasteiger partial charge in [0, 0.05) is 11.6 Å². The van der Waals surface area contributed by atoms with E-state index in [1.807, 2.05) is 32.0 Å². The van der Waals surface area contributed by atoms with Gasteiger partial charge in [0.25, 0.3) is 5.91 Å². The van der Waals surface area contributed by atoms with Crippen LogP contribution in [0.3, 0.4) is 0 Å². The van der Waals surface area contributed by atoms with E-state index in [9.17, 15) is 9.59 Å². The lowest BCUT2D eigenvalue weighted by Gasteiger charge is -2.39. The zero-order valence-electron chi connectivity index (χ0n) is 15.4. The van der Waals surface area contributed by atoms with Gasteiger partial charge in [-0.25, -0.2) is 0 Å². The summed E-state index contributed by atoms with van der Waals surface area (Å²) in [4.78, 5) is 27.1. The van der Waals surface area contributed by atoms with Crippen molar-refractivity contribution in [2.45, 2.75) is 45.2 Å². The molecule has 1 aliphatic heterocycles. The second-order valence-corrected chi connectivity index (χ2v) is 8.44. The lowest BCUT2D eigenvalue weighted by atomic mass is 9.86. The van der Waals surface area contributed by atoms with Gasteiger partial charge in [0.05, 0.1) is 5.56 Å². The highest BCUT2D eigenvalue weighted by Crippen LogP contribution is 2.38. The van der Waals surface area contributed by atoms with E-state index in [2.05, 4.69) is 20.8 Å². The van der Waals surface area contributed by atoms with Crippen LogP contribution in [0.2, 0.25) is 0 Å². The minimum absolute atomic E-state index is 0.0264. The average Bonchev–Trinajstić information content (AvgIpc) is 3.03. The molecule has 142 valence electrons. The maximum absolute atomic E-state index is 12.9. The Labute approximate surface area is 162 Å². The fraction of sp³-hybridized carbons (Fsp3) is 0.474. The summed E-state index contributed by atoms with van der Waals surface area (Å²) in [7, 11) is 0. The number of rotatable bonds is 5. The van der Waals surface area contributed by atoms with Crippen molar-refractivity contribution >= 4 is 34.0 Å². The molecule has 27 heavy (non-hydrogen) atoms. The Morgan fingerprint density at radius 2 is 2.11 bits per heavy atom. The molecule has 0 radical (unpaired) electrons. The van der Waals surface area contributed by atoms with Gasteiger partial charge < -0.3 is 10.2 Å². The molecule has 1 aromatic carbocycles. The fourth-order valence-corrected chi connectivity index (χ4v) is 4.36. The van der Waals surface area contributed by atoms with Gasteiger partial charge in [-0.3, -0.25) is 14.9 Å². The van der Waals surface area contributed by atoms with Gasteiger partial charge in [-0.2, -0.15) is 0 Å². The number of aromatic nitrogens is 2. The highest BCUT2D eigenvalue weighted by Gasteiger charge is 2.34. The minimum Gasteiger partial charge on any atom is -0.364 e. The summed E-state index contributed by atoms with van der Waals surface area (Å²) in [6, 6.07) is 7.40.